The average molecular weight is 312 g/mol. The Morgan fingerprint density at radius 1 is 1.09 bits per heavy atom. The van der Waals surface area contributed by atoms with Gasteiger partial charge in [-0.25, -0.2) is 4.79 Å². The van der Waals surface area contributed by atoms with Crippen LogP contribution in [0.3, 0.4) is 0 Å². The largest absolute Gasteiger partial charge is 0.465 e. The van der Waals surface area contributed by atoms with Gasteiger partial charge in [0.2, 0.25) is 0 Å². The van der Waals surface area contributed by atoms with E-state index in [-0.39, 0.29) is 5.97 Å². The van der Waals surface area contributed by atoms with Gasteiger partial charge in [-0.2, -0.15) is 0 Å². The zero-order valence-electron chi connectivity index (χ0n) is 14.0. The summed E-state index contributed by atoms with van der Waals surface area (Å²) in [7, 11) is 5.57. The topological polar surface area (TPSA) is 41.6 Å². The quantitative estimate of drug-likeness (QED) is 0.791. The Morgan fingerprint density at radius 2 is 1.78 bits per heavy atom. The van der Waals surface area contributed by atoms with Crippen molar-refractivity contribution in [2.24, 2.45) is 0 Å². The highest BCUT2D eigenvalue weighted by Crippen LogP contribution is 2.22. The Labute approximate surface area is 138 Å². The van der Waals surface area contributed by atoms with Crippen LogP contribution >= 0.6 is 0 Å². The van der Waals surface area contributed by atoms with Crippen molar-refractivity contribution < 1.29 is 9.53 Å². The number of carbonyl (C=O) groups is 1. The van der Waals surface area contributed by atoms with Gasteiger partial charge in [0.15, 0.2) is 0 Å². The van der Waals surface area contributed by atoms with Crippen molar-refractivity contribution in [1.82, 2.24) is 4.90 Å². The lowest BCUT2D eigenvalue weighted by Crippen LogP contribution is -2.13. The van der Waals surface area contributed by atoms with Crippen molar-refractivity contribution in [2.45, 2.75) is 12.8 Å². The number of para-hydroxylation sites is 1. The SMILES string of the molecule is COC(=O)c1ccc(Nc2ccccc2CCCN(C)C)cc1. The Hall–Kier alpha value is -2.33. The molecule has 122 valence electrons. The summed E-state index contributed by atoms with van der Waals surface area (Å²) in [5, 5.41) is 3.43. The Morgan fingerprint density at radius 3 is 2.43 bits per heavy atom. The maximum absolute atomic E-state index is 11.5. The summed E-state index contributed by atoms with van der Waals surface area (Å²) in [5.41, 5.74) is 3.92. The van der Waals surface area contributed by atoms with Gasteiger partial charge in [0.25, 0.3) is 0 Å². The minimum absolute atomic E-state index is 0.319. The second-order valence-electron chi connectivity index (χ2n) is 5.76. The fourth-order valence-electron chi connectivity index (χ4n) is 2.41. The number of aryl methyl sites for hydroxylation is 1. The van der Waals surface area contributed by atoms with Crippen LogP contribution in [0.15, 0.2) is 48.5 Å². The Balaban J connectivity index is 2.06. The Kier molecular flexibility index (Phi) is 6.18. The summed E-state index contributed by atoms with van der Waals surface area (Å²) >= 11 is 0. The van der Waals surface area contributed by atoms with E-state index in [0.29, 0.717) is 5.56 Å². The molecule has 0 fully saturated rings. The van der Waals surface area contributed by atoms with Crippen LogP contribution in [-0.4, -0.2) is 38.6 Å². The van der Waals surface area contributed by atoms with Crippen molar-refractivity contribution in [3.63, 3.8) is 0 Å². The molecular formula is C19H24N2O2. The molecule has 0 unspecified atom stereocenters. The van der Waals surface area contributed by atoms with Crippen LogP contribution in [0, 0.1) is 0 Å². The number of ether oxygens (including phenoxy) is 1. The highest BCUT2D eigenvalue weighted by molar-refractivity contribution is 5.89. The maximum atomic E-state index is 11.5. The molecule has 2 aromatic rings. The Bertz CT molecular complexity index is 636. The van der Waals surface area contributed by atoms with E-state index in [4.69, 9.17) is 4.74 Å². The molecule has 2 aromatic carbocycles. The standard InChI is InChI=1S/C19H24N2O2/c1-21(2)14-6-8-15-7-4-5-9-18(15)20-17-12-10-16(11-13-17)19(22)23-3/h4-5,7,9-13,20H,6,8,14H2,1-3H3. The molecular weight excluding hydrogens is 288 g/mol. The molecule has 23 heavy (non-hydrogen) atoms. The second-order valence-corrected chi connectivity index (χ2v) is 5.76. The fourth-order valence-corrected chi connectivity index (χ4v) is 2.41. The van der Waals surface area contributed by atoms with Crippen LogP contribution in [0.2, 0.25) is 0 Å². The van der Waals surface area contributed by atoms with Gasteiger partial charge >= 0.3 is 5.97 Å². The molecule has 0 spiro atoms. The smallest absolute Gasteiger partial charge is 0.337 e. The van der Waals surface area contributed by atoms with E-state index >= 15 is 0 Å². The van der Waals surface area contributed by atoms with Crippen LogP contribution in [0.25, 0.3) is 0 Å². The molecule has 0 radical (unpaired) electrons. The zero-order valence-corrected chi connectivity index (χ0v) is 14.0. The fraction of sp³-hybridized carbons (Fsp3) is 0.316. The predicted molar refractivity (Wildman–Crippen MR) is 94.4 cm³/mol. The highest BCUT2D eigenvalue weighted by atomic mass is 16.5. The molecule has 0 aliphatic heterocycles. The van der Waals surface area contributed by atoms with Gasteiger partial charge in [0.1, 0.15) is 0 Å². The number of carbonyl (C=O) groups excluding carboxylic acids is 1. The highest BCUT2D eigenvalue weighted by Gasteiger charge is 2.06. The summed E-state index contributed by atoms with van der Waals surface area (Å²) in [4.78, 5) is 13.7. The lowest BCUT2D eigenvalue weighted by molar-refractivity contribution is 0.0601. The maximum Gasteiger partial charge on any atom is 0.337 e. The van der Waals surface area contributed by atoms with E-state index in [1.807, 2.05) is 18.2 Å². The normalized spacial score (nSPS) is 10.6. The van der Waals surface area contributed by atoms with E-state index in [0.717, 1.165) is 30.8 Å². The first kappa shape index (κ1) is 17.0. The minimum Gasteiger partial charge on any atom is -0.465 e. The molecule has 0 aliphatic rings. The van der Waals surface area contributed by atoms with Gasteiger partial charge < -0.3 is 15.0 Å². The van der Waals surface area contributed by atoms with E-state index < -0.39 is 0 Å². The molecule has 0 atom stereocenters. The molecule has 0 bridgehead atoms. The molecule has 0 amide bonds. The van der Waals surface area contributed by atoms with Crippen LogP contribution in [-0.2, 0) is 11.2 Å². The van der Waals surface area contributed by atoms with Gasteiger partial charge in [0.05, 0.1) is 12.7 Å². The van der Waals surface area contributed by atoms with E-state index in [1.54, 1.807) is 12.1 Å². The molecule has 4 heteroatoms. The lowest BCUT2D eigenvalue weighted by atomic mass is 10.1. The zero-order chi connectivity index (χ0) is 16.7. The van der Waals surface area contributed by atoms with E-state index in [9.17, 15) is 4.79 Å². The van der Waals surface area contributed by atoms with Gasteiger partial charge in [0, 0.05) is 11.4 Å². The third-order valence-corrected chi connectivity index (χ3v) is 3.65. The molecule has 0 aromatic heterocycles. The molecule has 0 aliphatic carbocycles. The number of esters is 1. The van der Waals surface area contributed by atoms with E-state index in [2.05, 4.69) is 42.5 Å². The number of methoxy groups -OCH3 is 1. The van der Waals surface area contributed by atoms with Crippen molar-refractivity contribution in [2.75, 3.05) is 33.1 Å². The summed E-state index contributed by atoms with van der Waals surface area (Å²) in [6, 6.07) is 15.6. The lowest BCUT2D eigenvalue weighted by Gasteiger charge is -2.14. The summed E-state index contributed by atoms with van der Waals surface area (Å²) in [6.45, 7) is 1.07. The first-order valence-electron chi connectivity index (χ1n) is 7.78. The summed E-state index contributed by atoms with van der Waals surface area (Å²) in [5.74, 6) is -0.319. The van der Waals surface area contributed by atoms with Crippen LogP contribution in [0.5, 0.6) is 0 Å². The number of nitrogens with zero attached hydrogens (tertiary/aromatic N) is 1. The van der Waals surface area contributed by atoms with Crippen molar-refractivity contribution >= 4 is 17.3 Å². The molecule has 0 saturated heterocycles. The third kappa shape index (κ3) is 5.11. The van der Waals surface area contributed by atoms with Gasteiger partial charge in [-0.05, 0) is 69.4 Å². The van der Waals surface area contributed by atoms with Crippen LogP contribution < -0.4 is 5.32 Å². The third-order valence-electron chi connectivity index (χ3n) is 3.65. The van der Waals surface area contributed by atoms with Gasteiger partial charge in [-0.3, -0.25) is 0 Å². The van der Waals surface area contributed by atoms with E-state index in [1.165, 1.54) is 12.7 Å². The number of rotatable bonds is 7. The van der Waals surface area contributed by atoms with Crippen molar-refractivity contribution in [3.05, 3.63) is 59.7 Å². The summed E-state index contributed by atoms with van der Waals surface area (Å²) < 4.78 is 4.71. The predicted octanol–water partition coefficient (Wildman–Crippen LogP) is 3.71. The molecule has 4 nitrogen and oxygen atoms in total. The van der Waals surface area contributed by atoms with Crippen molar-refractivity contribution in [3.8, 4) is 0 Å². The number of hydrogen-bond donors (Lipinski definition) is 1. The number of anilines is 2. The number of benzene rings is 2. The summed E-state index contributed by atoms with van der Waals surface area (Å²) in [6.07, 6.45) is 2.15. The monoisotopic (exact) mass is 312 g/mol. The molecule has 1 N–H and O–H groups in total. The molecule has 2 rings (SSSR count). The number of hydrogen-bond acceptors (Lipinski definition) is 4. The molecule has 0 heterocycles. The molecule has 0 saturated carbocycles. The van der Waals surface area contributed by atoms with Crippen molar-refractivity contribution in [1.29, 1.82) is 0 Å². The first-order valence-corrected chi connectivity index (χ1v) is 7.78. The van der Waals surface area contributed by atoms with Gasteiger partial charge in [-0.15, -0.1) is 0 Å². The average Bonchev–Trinajstić information content (AvgIpc) is 2.56. The second kappa shape index (κ2) is 8.34. The first-order chi connectivity index (χ1) is 11.1. The van der Waals surface area contributed by atoms with Crippen LogP contribution in [0.4, 0.5) is 11.4 Å². The van der Waals surface area contributed by atoms with Crippen LogP contribution in [0.1, 0.15) is 22.3 Å². The number of nitrogens with one attached hydrogen (secondary N) is 1. The van der Waals surface area contributed by atoms with Gasteiger partial charge in [-0.1, -0.05) is 18.2 Å². The minimum atomic E-state index is -0.319.